The van der Waals surface area contributed by atoms with Crippen molar-refractivity contribution < 1.29 is 44.2 Å². The Morgan fingerprint density at radius 2 is 1.84 bits per heavy atom. The molecule has 1 saturated heterocycles. The zero-order valence-corrected chi connectivity index (χ0v) is 17.5. The second-order valence-electron chi connectivity index (χ2n) is 7.61. The van der Waals surface area contributed by atoms with Gasteiger partial charge in [-0.1, -0.05) is 6.07 Å². The lowest BCUT2D eigenvalue weighted by Gasteiger charge is -2.37. The lowest BCUT2D eigenvalue weighted by atomic mass is 9.97. The SMILES string of the molecule is CC1(S(=O)(=O)c2cccc(C(F)(F)F)c2)CCOC(COc2ccc(C(F)(F)F)nc2)C1. The Balaban J connectivity index is 1.72. The summed E-state index contributed by atoms with van der Waals surface area (Å²) in [7, 11) is -4.16. The quantitative estimate of drug-likeness (QED) is 0.566. The van der Waals surface area contributed by atoms with Crippen molar-refractivity contribution in [3.8, 4) is 5.75 Å². The van der Waals surface area contributed by atoms with Gasteiger partial charge in [0, 0.05) is 6.61 Å². The summed E-state index contributed by atoms with van der Waals surface area (Å²) in [4.78, 5) is 2.83. The van der Waals surface area contributed by atoms with Gasteiger partial charge in [-0.15, -0.1) is 0 Å². The van der Waals surface area contributed by atoms with E-state index in [0.717, 1.165) is 36.5 Å². The first-order chi connectivity index (χ1) is 14.7. The first-order valence-corrected chi connectivity index (χ1v) is 10.9. The summed E-state index contributed by atoms with van der Waals surface area (Å²) in [5.41, 5.74) is -2.15. The van der Waals surface area contributed by atoms with E-state index in [1.54, 1.807) is 0 Å². The standard InChI is InChI=1S/C20H19F6NO4S/c1-18(32(28,29)16-4-2-3-13(9-16)19(21,22)23)7-8-30-15(10-18)12-31-14-5-6-17(27-11-14)20(24,25)26/h2-6,9,11,15H,7-8,10,12H2,1H3. The minimum Gasteiger partial charge on any atom is -0.489 e. The molecule has 2 atom stereocenters. The van der Waals surface area contributed by atoms with E-state index in [2.05, 4.69) is 4.98 Å². The Kier molecular flexibility index (Phi) is 6.49. The molecule has 0 saturated carbocycles. The zero-order chi connectivity index (χ0) is 23.8. The molecule has 12 heteroatoms. The molecule has 32 heavy (non-hydrogen) atoms. The molecule has 0 bridgehead atoms. The third kappa shape index (κ3) is 5.17. The topological polar surface area (TPSA) is 65.5 Å². The molecule has 2 unspecified atom stereocenters. The fourth-order valence-electron chi connectivity index (χ4n) is 3.38. The number of sulfone groups is 1. The van der Waals surface area contributed by atoms with Crippen molar-refractivity contribution in [2.24, 2.45) is 0 Å². The maximum atomic E-state index is 13.2. The molecule has 2 heterocycles. The summed E-state index contributed by atoms with van der Waals surface area (Å²) in [5.74, 6) is 0.0367. The predicted molar refractivity (Wildman–Crippen MR) is 101 cm³/mol. The van der Waals surface area contributed by atoms with Crippen LogP contribution in [0, 0.1) is 0 Å². The molecule has 176 valence electrons. The number of hydrogen-bond acceptors (Lipinski definition) is 5. The van der Waals surface area contributed by atoms with E-state index in [1.807, 2.05) is 0 Å². The Hall–Kier alpha value is -2.34. The minimum absolute atomic E-state index is 0.0218. The highest BCUT2D eigenvalue weighted by atomic mass is 32.2. The van der Waals surface area contributed by atoms with Gasteiger partial charge in [-0.2, -0.15) is 26.3 Å². The van der Waals surface area contributed by atoms with Crippen molar-refractivity contribution in [2.45, 2.75) is 47.9 Å². The van der Waals surface area contributed by atoms with Crippen LogP contribution in [0.1, 0.15) is 31.0 Å². The molecule has 1 aliphatic heterocycles. The lowest BCUT2D eigenvalue weighted by Crippen LogP contribution is -2.46. The predicted octanol–water partition coefficient (Wildman–Crippen LogP) is 4.91. The smallest absolute Gasteiger partial charge is 0.433 e. The number of aromatic nitrogens is 1. The number of pyridine rings is 1. The van der Waals surface area contributed by atoms with Gasteiger partial charge < -0.3 is 9.47 Å². The van der Waals surface area contributed by atoms with E-state index in [4.69, 9.17) is 9.47 Å². The molecule has 1 fully saturated rings. The molecular weight excluding hydrogens is 464 g/mol. The summed E-state index contributed by atoms with van der Waals surface area (Å²) in [6.45, 7) is 1.28. The fourth-order valence-corrected chi connectivity index (χ4v) is 5.25. The molecule has 2 aromatic rings. The van der Waals surface area contributed by atoms with Crippen molar-refractivity contribution in [3.05, 3.63) is 53.9 Å². The van der Waals surface area contributed by atoms with E-state index in [-0.39, 0.29) is 31.8 Å². The van der Waals surface area contributed by atoms with Crippen molar-refractivity contribution in [1.29, 1.82) is 0 Å². The molecule has 0 radical (unpaired) electrons. The van der Waals surface area contributed by atoms with Gasteiger partial charge in [0.2, 0.25) is 0 Å². The third-order valence-electron chi connectivity index (χ3n) is 5.23. The summed E-state index contributed by atoms with van der Waals surface area (Å²) in [5, 5.41) is 0. The molecule has 1 aromatic heterocycles. The van der Waals surface area contributed by atoms with Gasteiger partial charge in [-0.25, -0.2) is 13.4 Å². The highest BCUT2D eigenvalue weighted by Gasteiger charge is 2.45. The number of rotatable bonds is 5. The molecule has 1 aliphatic rings. The van der Waals surface area contributed by atoms with Crippen molar-refractivity contribution in [3.63, 3.8) is 0 Å². The number of hydrogen-bond donors (Lipinski definition) is 0. The second-order valence-corrected chi connectivity index (χ2v) is 10.1. The van der Waals surface area contributed by atoms with E-state index in [0.29, 0.717) is 6.07 Å². The maximum Gasteiger partial charge on any atom is 0.433 e. The van der Waals surface area contributed by atoms with Crippen LogP contribution in [0.5, 0.6) is 5.75 Å². The van der Waals surface area contributed by atoms with Gasteiger partial charge >= 0.3 is 12.4 Å². The Morgan fingerprint density at radius 1 is 1.12 bits per heavy atom. The van der Waals surface area contributed by atoms with Crippen molar-refractivity contribution in [1.82, 2.24) is 4.98 Å². The zero-order valence-electron chi connectivity index (χ0n) is 16.7. The molecule has 3 rings (SSSR count). The first kappa shape index (κ1) is 24.3. The van der Waals surface area contributed by atoms with Crippen LogP contribution in [0.3, 0.4) is 0 Å². The molecular formula is C20H19F6NO4S. The largest absolute Gasteiger partial charge is 0.489 e. The van der Waals surface area contributed by atoms with Crippen LogP contribution in [0.4, 0.5) is 26.3 Å². The third-order valence-corrected chi connectivity index (χ3v) is 7.77. The van der Waals surface area contributed by atoms with Gasteiger partial charge in [-0.3, -0.25) is 0 Å². The number of nitrogens with zero attached hydrogens (tertiary/aromatic N) is 1. The average Bonchev–Trinajstić information content (AvgIpc) is 2.71. The van der Waals surface area contributed by atoms with Crippen LogP contribution < -0.4 is 4.74 Å². The van der Waals surface area contributed by atoms with Gasteiger partial charge in [0.05, 0.1) is 27.5 Å². The lowest BCUT2D eigenvalue weighted by molar-refractivity contribution is -0.141. The maximum absolute atomic E-state index is 13.2. The van der Waals surface area contributed by atoms with Crippen molar-refractivity contribution in [2.75, 3.05) is 13.2 Å². The molecule has 0 N–H and O–H groups in total. The second kappa shape index (κ2) is 8.54. The Labute approximate surface area is 180 Å². The highest BCUT2D eigenvalue weighted by molar-refractivity contribution is 7.92. The molecule has 0 spiro atoms. The van der Waals surface area contributed by atoms with Gasteiger partial charge in [0.15, 0.2) is 9.84 Å². The van der Waals surface area contributed by atoms with Crippen LogP contribution in [0.25, 0.3) is 0 Å². The Morgan fingerprint density at radius 3 is 2.44 bits per heavy atom. The van der Waals surface area contributed by atoms with Crippen LogP contribution in [0.15, 0.2) is 47.5 Å². The summed E-state index contributed by atoms with van der Waals surface area (Å²) in [6.07, 6.45) is -9.14. The van der Waals surface area contributed by atoms with Gasteiger partial charge in [0.1, 0.15) is 18.1 Å². The number of benzene rings is 1. The average molecular weight is 483 g/mol. The minimum atomic E-state index is -4.69. The number of halogens is 6. The molecule has 0 amide bonds. The summed E-state index contributed by atoms with van der Waals surface area (Å²) in [6, 6.07) is 5.38. The van der Waals surface area contributed by atoms with Gasteiger partial charge in [0.25, 0.3) is 0 Å². The van der Waals surface area contributed by atoms with E-state index in [1.165, 1.54) is 6.92 Å². The Bertz CT molecular complexity index is 1050. The molecule has 1 aromatic carbocycles. The fraction of sp³-hybridized carbons (Fsp3) is 0.450. The van der Waals surface area contributed by atoms with Crippen LogP contribution in [-0.2, 0) is 26.9 Å². The van der Waals surface area contributed by atoms with E-state index < -0.39 is 49.2 Å². The molecule has 0 aliphatic carbocycles. The normalized spacial score (nSPS) is 22.5. The van der Waals surface area contributed by atoms with E-state index >= 15 is 0 Å². The number of alkyl halides is 6. The molecule has 5 nitrogen and oxygen atoms in total. The summed E-state index contributed by atoms with van der Waals surface area (Å²) >= 11 is 0. The van der Waals surface area contributed by atoms with Gasteiger partial charge in [-0.05, 0) is 50.1 Å². The first-order valence-electron chi connectivity index (χ1n) is 9.42. The van der Waals surface area contributed by atoms with Crippen LogP contribution in [-0.4, -0.2) is 37.5 Å². The highest BCUT2D eigenvalue weighted by Crippen LogP contribution is 2.39. The van der Waals surface area contributed by atoms with Crippen LogP contribution >= 0.6 is 0 Å². The number of ether oxygens (including phenoxy) is 2. The summed E-state index contributed by atoms with van der Waals surface area (Å²) < 4.78 is 113. The van der Waals surface area contributed by atoms with Crippen LogP contribution in [0.2, 0.25) is 0 Å². The van der Waals surface area contributed by atoms with Crippen molar-refractivity contribution >= 4 is 9.84 Å². The monoisotopic (exact) mass is 483 g/mol. The van der Waals surface area contributed by atoms with E-state index in [9.17, 15) is 34.8 Å².